The van der Waals surface area contributed by atoms with E-state index in [-0.39, 0.29) is 21.0 Å². The van der Waals surface area contributed by atoms with Crippen LogP contribution >= 0.6 is 11.3 Å². The number of amides is 2. The molecule has 2 aromatic carbocycles. The van der Waals surface area contributed by atoms with Gasteiger partial charge in [0.15, 0.2) is 6.10 Å². The zero-order valence-electron chi connectivity index (χ0n) is 17.7. The number of nitrogens with zero attached hydrogens (tertiary/aromatic N) is 1. The lowest BCUT2D eigenvalue weighted by Gasteiger charge is -2.19. The zero-order chi connectivity index (χ0) is 24.2. The van der Waals surface area contributed by atoms with Crippen LogP contribution in [0.2, 0.25) is 0 Å². The molecule has 0 saturated heterocycles. The fourth-order valence-corrected chi connectivity index (χ4v) is 4.78. The first-order chi connectivity index (χ1) is 15.6. The fraction of sp³-hybridized carbons (Fsp3) is 0.136. The van der Waals surface area contributed by atoms with Crippen molar-refractivity contribution in [3.05, 3.63) is 77.2 Å². The number of hydrogen-bond donors (Lipinski definition) is 2. The van der Waals surface area contributed by atoms with Crippen LogP contribution in [-0.4, -0.2) is 39.4 Å². The minimum atomic E-state index is -3.83. The molecule has 3 N–H and O–H groups in total. The number of thiophene rings is 1. The Morgan fingerprint density at radius 1 is 1.03 bits per heavy atom. The van der Waals surface area contributed by atoms with Crippen molar-refractivity contribution in [3.8, 4) is 0 Å². The fourth-order valence-electron chi connectivity index (χ4n) is 2.79. The highest BCUT2D eigenvalue weighted by molar-refractivity contribution is 7.92. The van der Waals surface area contributed by atoms with E-state index in [0.29, 0.717) is 5.69 Å². The number of ether oxygens (including phenoxy) is 1. The summed E-state index contributed by atoms with van der Waals surface area (Å²) >= 11 is 1.11. The zero-order valence-corrected chi connectivity index (χ0v) is 19.4. The van der Waals surface area contributed by atoms with Crippen molar-refractivity contribution >= 4 is 49.8 Å². The molecular formula is C22H21N3O6S2. The second-order valence-corrected chi connectivity index (χ2v) is 9.78. The monoisotopic (exact) mass is 487 g/mol. The van der Waals surface area contributed by atoms with Gasteiger partial charge in [-0.25, -0.2) is 13.2 Å². The Morgan fingerprint density at radius 2 is 1.67 bits per heavy atom. The third-order valence-electron chi connectivity index (χ3n) is 4.69. The van der Waals surface area contributed by atoms with Crippen LogP contribution in [0.15, 0.2) is 70.9 Å². The van der Waals surface area contributed by atoms with Crippen LogP contribution in [0.25, 0.3) is 0 Å². The molecule has 0 aliphatic rings. The molecule has 33 heavy (non-hydrogen) atoms. The smallest absolute Gasteiger partial charge is 0.338 e. The Kier molecular flexibility index (Phi) is 7.14. The first-order valence-electron chi connectivity index (χ1n) is 9.64. The first kappa shape index (κ1) is 24.0. The van der Waals surface area contributed by atoms with E-state index in [2.05, 4.69) is 5.32 Å². The number of carbonyl (C=O) groups is 3. The van der Waals surface area contributed by atoms with Gasteiger partial charge in [-0.15, -0.1) is 11.3 Å². The Bertz CT molecular complexity index is 1270. The van der Waals surface area contributed by atoms with E-state index in [1.165, 1.54) is 44.3 Å². The number of primary amides is 1. The summed E-state index contributed by atoms with van der Waals surface area (Å²) in [5.74, 6) is -2.14. The molecule has 3 rings (SSSR count). The molecule has 1 atom stereocenters. The molecular weight excluding hydrogens is 466 g/mol. The Balaban J connectivity index is 1.67. The molecule has 0 saturated carbocycles. The van der Waals surface area contributed by atoms with Gasteiger partial charge in [-0.3, -0.25) is 13.9 Å². The van der Waals surface area contributed by atoms with Gasteiger partial charge >= 0.3 is 5.97 Å². The Labute approximate surface area is 194 Å². The van der Waals surface area contributed by atoms with Gasteiger partial charge in [0, 0.05) is 7.05 Å². The van der Waals surface area contributed by atoms with E-state index in [1.807, 2.05) is 0 Å². The van der Waals surface area contributed by atoms with Crippen molar-refractivity contribution in [3.63, 3.8) is 0 Å². The highest BCUT2D eigenvalue weighted by Crippen LogP contribution is 2.24. The summed E-state index contributed by atoms with van der Waals surface area (Å²) in [6.07, 6.45) is -1.17. The van der Waals surface area contributed by atoms with E-state index in [4.69, 9.17) is 10.5 Å². The number of hydrogen-bond acceptors (Lipinski definition) is 7. The summed E-state index contributed by atoms with van der Waals surface area (Å²) in [5, 5.41) is 4.35. The van der Waals surface area contributed by atoms with Crippen molar-refractivity contribution < 1.29 is 27.5 Å². The van der Waals surface area contributed by atoms with E-state index < -0.39 is 33.9 Å². The molecule has 1 aromatic heterocycles. The van der Waals surface area contributed by atoms with Crippen LogP contribution < -0.4 is 15.4 Å². The number of nitrogens with one attached hydrogen (secondary N) is 1. The second kappa shape index (κ2) is 9.84. The van der Waals surface area contributed by atoms with Gasteiger partial charge in [-0.2, -0.15) is 0 Å². The molecule has 9 nitrogen and oxygen atoms in total. The lowest BCUT2D eigenvalue weighted by atomic mass is 10.2. The van der Waals surface area contributed by atoms with Crippen LogP contribution in [0.4, 0.5) is 10.7 Å². The maximum Gasteiger partial charge on any atom is 0.338 e. The number of carbonyl (C=O) groups excluding carboxylic acids is 3. The van der Waals surface area contributed by atoms with Gasteiger partial charge in [-0.05, 0) is 54.8 Å². The molecule has 1 heterocycles. The topological polar surface area (TPSA) is 136 Å². The van der Waals surface area contributed by atoms with Crippen molar-refractivity contribution in [1.29, 1.82) is 0 Å². The molecule has 1 unspecified atom stereocenters. The van der Waals surface area contributed by atoms with Crippen LogP contribution in [0, 0.1) is 0 Å². The lowest BCUT2D eigenvalue weighted by molar-refractivity contribution is -0.123. The van der Waals surface area contributed by atoms with Crippen molar-refractivity contribution in [1.82, 2.24) is 0 Å². The Morgan fingerprint density at radius 3 is 2.27 bits per heavy atom. The average Bonchev–Trinajstić information content (AvgIpc) is 3.27. The maximum atomic E-state index is 12.8. The molecule has 11 heteroatoms. The molecule has 0 fully saturated rings. The van der Waals surface area contributed by atoms with E-state index in [1.54, 1.807) is 35.7 Å². The molecule has 2 amide bonds. The van der Waals surface area contributed by atoms with Crippen LogP contribution in [0.1, 0.15) is 27.6 Å². The van der Waals surface area contributed by atoms with E-state index >= 15 is 0 Å². The minimum Gasteiger partial charge on any atom is -0.449 e. The quantitative estimate of drug-likeness (QED) is 0.469. The summed E-state index contributed by atoms with van der Waals surface area (Å²) in [7, 11) is -2.40. The largest absolute Gasteiger partial charge is 0.449 e. The van der Waals surface area contributed by atoms with Crippen molar-refractivity contribution in [2.75, 3.05) is 16.7 Å². The first-order valence-corrected chi connectivity index (χ1v) is 12.0. The molecule has 0 bridgehead atoms. The summed E-state index contributed by atoms with van der Waals surface area (Å²) in [5.41, 5.74) is 5.97. The molecule has 0 spiro atoms. The van der Waals surface area contributed by atoms with Gasteiger partial charge in [0.1, 0.15) is 5.00 Å². The molecule has 0 radical (unpaired) electrons. The highest BCUT2D eigenvalue weighted by Gasteiger charge is 2.24. The van der Waals surface area contributed by atoms with Gasteiger partial charge in [0.05, 0.1) is 21.7 Å². The van der Waals surface area contributed by atoms with Crippen molar-refractivity contribution in [2.45, 2.75) is 17.9 Å². The number of rotatable bonds is 8. The van der Waals surface area contributed by atoms with Gasteiger partial charge in [0.25, 0.3) is 21.8 Å². The number of anilines is 2. The molecule has 3 aromatic rings. The van der Waals surface area contributed by atoms with E-state index in [9.17, 15) is 22.8 Å². The number of benzene rings is 2. The number of sulfonamides is 1. The normalized spacial score (nSPS) is 11.9. The predicted molar refractivity (Wildman–Crippen MR) is 125 cm³/mol. The summed E-state index contributed by atoms with van der Waals surface area (Å²) in [6, 6.07) is 15.2. The summed E-state index contributed by atoms with van der Waals surface area (Å²) < 4.78 is 32.0. The molecule has 0 aliphatic heterocycles. The van der Waals surface area contributed by atoms with Gasteiger partial charge in [-0.1, -0.05) is 18.2 Å². The molecule has 0 aliphatic carbocycles. The number of esters is 1. The minimum absolute atomic E-state index is 0.00660. The second-order valence-electron chi connectivity index (χ2n) is 6.90. The number of nitrogens with two attached hydrogens (primary N) is 1. The van der Waals surface area contributed by atoms with Crippen LogP contribution in [0.5, 0.6) is 0 Å². The summed E-state index contributed by atoms with van der Waals surface area (Å²) in [4.78, 5) is 36.1. The SMILES string of the molecule is CC(OC(=O)c1ccc(S(=O)(=O)N(C)c2ccccc2)cc1)C(=O)Nc1sccc1C(N)=O. The van der Waals surface area contributed by atoms with Crippen molar-refractivity contribution in [2.24, 2.45) is 5.73 Å². The van der Waals surface area contributed by atoms with Crippen LogP contribution in [-0.2, 0) is 19.6 Å². The standard InChI is InChI=1S/C22H21N3O6S2/c1-14(20(27)24-21-18(19(23)26)12-13-32-21)31-22(28)15-8-10-17(11-9-15)33(29,30)25(2)16-6-4-3-5-7-16/h3-14H,1-2H3,(H2,23,26)(H,24,27). The van der Waals surface area contributed by atoms with Gasteiger partial charge in [0.2, 0.25) is 0 Å². The average molecular weight is 488 g/mol. The third kappa shape index (κ3) is 5.38. The highest BCUT2D eigenvalue weighted by atomic mass is 32.2. The van der Waals surface area contributed by atoms with E-state index in [0.717, 1.165) is 15.6 Å². The summed E-state index contributed by atoms with van der Waals surface area (Å²) in [6.45, 7) is 1.37. The maximum absolute atomic E-state index is 12.8. The number of para-hydroxylation sites is 1. The lowest BCUT2D eigenvalue weighted by Crippen LogP contribution is -2.30. The Hall–Kier alpha value is -3.70. The predicted octanol–water partition coefficient (Wildman–Crippen LogP) is 2.86. The third-order valence-corrected chi connectivity index (χ3v) is 7.32. The van der Waals surface area contributed by atoms with Gasteiger partial charge < -0.3 is 15.8 Å². The molecule has 172 valence electrons. The van der Waals surface area contributed by atoms with Crippen LogP contribution in [0.3, 0.4) is 0 Å².